The average Bonchev–Trinajstić information content (AvgIpc) is 2.42. The first-order valence-corrected chi connectivity index (χ1v) is 9.24. The van der Waals surface area contributed by atoms with Crippen molar-refractivity contribution in [2.24, 2.45) is 5.92 Å². The minimum atomic E-state index is -3.32. The Morgan fingerprint density at radius 2 is 2.14 bits per heavy atom. The third kappa shape index (κ3) is 4.33. The smallest absolute Gasteiger partial charge is 0.214 e. The van der Waals surface area contributed by atoms with Crippen molar-refractivity contribution in [2.45, 2.75) is 25.0 Å². The summed E-state index contributed by atoms with van der Waals surface area (Å²) < 4.78 is 32.7. The van der Waals surface area contributed by atoms with Crippen LogP contribution in [-0.2, 0) is 21.2 Å². The van der Waals surface area contributed by atoms with Crippen molar-refractivity contribution in [3.8, 4) is 0 Å². The van der Waals surface area contributed by atoms with Gasteiger partial charge in [0.25, 0.3) is 0 Å². The van der Waals surface area contributed by atoms with Crippen LogP contribution in [0.1, 0.15) is 18.9 Å². The first-order chi connectivity index (χ1) is 9.94. The molecule has 0 saturated carbocycles. The lowest BCUT2D eigenvalue weighted by atomic mass is 9.93. The van der Waals surface area contributed by atoms with Crippen molar-refractivity contribution in [2.75, 3.05) is 19.8 Å². The van der Waals surface area contributed by atoms with Crippen LogP contribution < -0.4 is 4.72 Å². The van der Waals surface area contributed by atoms with Gasteiger partial charge in [-0.3, -0.25) is 0 Å². The van der Waals surface area contributed by atoms with Crippen LogP contribution in [0.25, 0.3) is 0 Å². The topological polar surface area (TPSA) is 55.4 Å². The van der Waals surface area contributed by atoms with Crippen molar-refractivity contribution in [3.05, 3.63) is 33.8 Å². The van der Waals surface area contributed by atoms with E-state index in [0.717, 1.165) is 5.56 Å². The van der Waals surface area contributed by atoms with Crippen LogP contribution >= 0.6 is 23.2 Å². The Bertz CT molecular complexity index is 592. The van der Waals surface area contributed by atoms with Gasteiger partial charge in [-0.25, -0.2) is 13.1 Å². The Balaban J connectivity index is 2.19. The molecule has 2 rings (SSSR count). The molecule has 0 aliphatic carbocycles. The van der Waals surface area contributed by atoms with E-state index in [1.807, 2.05) is 6.07 Å². The van der Waals surface area contributed by atoms with Crippen LogP contribution in [0.5, 0.6) is 0 Å². The SMILES string of the molecule is CCNS(=O)(=O)[C@@H]1CCOC[C@@H]1Cc1ccc(Cl)cc1Cl. The monoisotopic (exact) mass is 351 g/mol. The molecule has 0 radical (unpaired) electrons. The zero-order valence-electron chi connectivity index (χ0n) is 11.8. The number of sulfonamides is 1. The van der Waals surface area contributed by atoms with Gasteiger partial charge in [0, 0.05) is 29.1 Å². The second-order valence-electron chi connectivity index (χ2n) is 5.14. The summed E-state index contributed by atoms with van der Waals surface area (Å²) in [6.07, 6.45) is 1.07. The highest BCUT2D eigenvalue weighted by Crippen LogP contribution is 2.29. The van der Waals surface area contributed by atoms with E-state index in [2.05, 4.69) is 4.72 Å². The fourth-order valence-corrected chi connectivity index (χ4v) is 4.84. The zero-order valence-corrected chi connectivity index (χ0v) is 14.1. The van der Waals surface area contributed by atoms with E-state index in [-0.39, 0.29) is 5.92 Å². The molecule has 0 spiro atoms. The van der Waals surface area contributed by atoms with E-state index in [0.29, 0.717) is 42.6 Å². The number of nitrogens with one attached hydrogen (secondary N) is 1. The molecule has 1 aromatic carbocycles. The summed E-state index contributed by atoms with van der Waals surface area (Å²) in [4.78, 5) is 0. The molecule has 1 N–H and O–H groups in total. The van der Waals surface area contributed by atoms with Gasteiger partial charge in [-0.1, -0.05) is 36.2 Å². The molecular formula is C14H19Cl2NO3S. The van der Waals surface area contributed by atoms with Gasteiger partial charge in [-0.05, 0) is 30.5 Å². The van der Waals surface area contributed by atoms with E-state index in [1.165, 1.54) is 0 Å². The van der Waals surface area contributed by atoms with Crippen molar-refractivity contribution in [1.29, 1.82) is 0 Å². The fraction of sp³-hybridized carbons (Fsp3) is 0.571. The van der Waals surface area contributed by atoms with E-state index in [9.17, 15) is 8.42 Å². The number of ether oxygens (including phenoxy) is 1. The largest absolute Gasteiger partial charge is 0.381 e. The molecule has 4 nitrogen and oxygen atoms in total. The molecule has 1 fully saturated rings. The zero-order chi connectivity index (χ0) is 15.5. The summed E-state index contributed by atoms with van der Waals surface area (Å²) in [7, 11) is -3.32. The quantitative estimate of drug-likeness (QED) is 0.887. The normalized spacial score (nSPS) is 23.2. The van der Waals surface area contributed by atoms with E-state index < -0.39 is 15.3 Å². The van der Waals surface area contributed by atoms with Gasteiger partial charge in [0.15, 0.2) is 0 Å². The summed E-state index contributed by atoms with van der Waals surface area (Å²) in [5.74, 6) is -0.110. The Kier molecular flexibility index (Phi) is 5.91. The molecule has 1 saturated heterocycles. The maximum atomic E-state index is 12.3. The van der Waals surface area contributed by atoms with Crippen LogP contribution in [0.15, 0.2) is 18.2 Å². The second-order valence-corrected chi connectivity index (χ2v) is 7.97. The lowest BCUT2D eigenvalue weighted by molar-refractivity contribution is 0.0570. The predicted molar refractivity (Wildman–Crippen MR) is 85.5 cm³/mol. The number of benzene rings is 1. The third-order valence-corrected chi connectivity index (χ3v) is 6.34. The van der Waals surface area contributed by atoms with Gasteiger partial charge in [-0.2, -0.15) is 0 Å². The molecule has 1 aliphatic heterocycles. The molecule has 0 unspecified atom stereocenters. The molecule has 0 aromatic heterocycles. The maximum Gasteiger partial charge on any atom is 0.214 e. The molecule has 1 aromatic rings. The summed E-state index contributed by atoms with van der Waals surface area (Å²) in [6.45, 7) is 3.07. The highest BCUT2D eigenvalue weighted by atomic mass is 35.5. The number of hydrogen-bond donors (Lipinski definition) is 1. The van der Waals surface area contributed by atoms with Crippen LogP contribution in [0.3, 0.4) is 0 Å². The summed E-state index contributed by atoms with van der Waals surface area (Å²) >= 11 is 12.1. The summed E-state index contributed by atoms with van der Waals surface area (Å²) in [5.41, 5.74) is 0.897. The molecule has 1 aliphatic rings. The standard InChI is InChI=1S/C14H19Cl2NO3S/c1-2-17-21(18,19)14-5-6-20-9-11(14)7-10-3-4-12(15)8-13(10)16/h3-4,8,11,14,17H,2,5-7,9H2,1H3/t11-,14+/m0/s1. The van der Waals surface area contributed by atoms with Crippen molar-refractivity contribution in [1.82, 2.24) is 4.72 Å². The van der Waals surface area contributed by atoms with Crippen molar-refractivity contribution < 1.29 is 13.2 Å². The predicted octanol–water partition coefficient (Wildman–Crippen LogP) is 2.88. The Morgan fingerprint density at radius 3 is 2.81 bits per heavy atom. The number of rotatable bonds is 5. The molecule has 7 heteroatoms. The maximum absolute atomic E-state index is 12.3. The second kappa shape index (κ2) is 7.29. The lowest BCUT2D eigenvalue weighted by Crippen LogP contribution is -2.44. The van der Waals surface area contributed by atoms with Gasteiger partial charge in [0.2, 0.25) is 10.0 Å². The van der Waals surface area contributed by atoms with E-state index in [1.54, 1.807) is 19.1 Å². The minimum Gasteiger partial charge on any atom is -0.381 e. The highest BCUT2D eigenvalue weighted by molar-refractivity contribution is 7.90. The van der Waals surface area contributed by atoms with Gasteiger partial charge >= 0.3 is 0 Å². The Morgan fingerprint density at radius 1 is 1.38 bits per heavy atom. The van der Waals surface area contributed by atoms with E-state index >= 15 is 0 Å². The van der Waals surface area contributed by atoms with Gasteiger partial charge < -0.3 is 4.74 Å². The van der Waals surface area contributed by atoms with Crippen LogP contribution in [-0.4, -0.2) is 33.4 Å². The van der Waals surface area contributed by atoms with Gasteiger partial charge in [0.1, 0.15) is 0 Å². The van der Waals surface area contributed by atoms with Gasteiger partial charge in [-0.15, -0.1) is 0 Å². The van der Waals surface area contributed by atoms with Crippen LogP contribution in [0, 0.1) is 5.92 Å². The molecule has 1 heterocycles. The first kappa shape index (κ1) is 17.0. The molecule has 118 valence electrons. The van der Waals surface area contributed by atoms with Crippen molar-refractivity contribution in [3.63, 3.8) is 0 Å². The van der Waals surface area contributed by atoms with Crippen molar-refractivity contribution >= 4 is 33.2 Å². The average molecular weight is 352 g/mol. The van der Waals surface area contributed by atoms with Gasteiger partial charge in [0.05, 0.1) is 11.9 Å². The number of hydrogen-bond acceptors (Lipinski definition) is 3. The highest BCUT2D eigenvalue weighted by Gasteiger charge is 2.35. The molecule has 21 heavy (non-hydrogen) atoms. The molecule has 0 amide bonds. The Hall–Kier alpha value is -0.330. The first-order valence-electron chi connectivity index (χ1n) is 6.94. The fourth-order valence-electron chi connectivity index (χ4n) is 2.65. The molecule has 0 bridgehead atoms. The molecule has 2 atom stereocenters. The molecular weight excluding hydrogens is 333 g/mol. The van der Waals surface area contributed by atoms with E-state index in [4.69, 9.17) is 27.9 Å². The summed E-state index contributed by atoms with van der Waals surface area (Å²) in [5, 5.41) is 0.686. The minimum absolute atomic E-state index is 0.110. The number of halogens is 2. The lowest BCUT2D eigenvalue weighted by Gasteiger charge is -2.31. The Labute approximate surface area is 135 Å². The third-order valence-electron chi connectivity index (χ3n) is 3.65. The van der Waals surface area contributed by atoms with Crippen LogP contribution in [0.4, 0.5) is 0 Å². The van der Waals surface area contributed by atoms with Crippen LogP contribution in [0.2, 0.25) is 10.0 Å². The summed E-state index contributed by atoms with van der Waals surface area (Å²) in [6, 6.07) is 5.28.